The second kappa shape index (κ2) is 12.9. The van der Waals surface area contributed by atoms with Gasteiger partial charge in [0.25, 0.3) is 0 Å². The van der Waals surface area contributed by atoms with Gasteiger partial charge in [-0.3, -0.25) is 4.98 Å². The molecule has 2 amide bonds. The molecule has 2 aliphatic rings. The quantitative estimate of drug-likeness (QED) is 0.309. The van der Waals surface area contributed by atoms with Crippen molar-refractivity contribution in [3.05, 3.63) is 76.5 Å². The van der Waals surface area contributed by atoms with Crippen molar-refractivity contribution in [1.82, 2.24) is 20.1 Å². The molecule has 0 bridgehead atoms. The van der Waals surface area contributed by atoms with Crippen LogP contribution in [0.4, 0.5) is 18.0 Å². The number of amides is 2. The Hall–Kier alpha value is -3.93. The van der Waals surface area contributed by atoms with E-state index in [0.717, 1.165) is 62.3 Å². The molecule has 4 rings (SSSR count). The molecule has 12 heteroatoms. The van der Waals surface area contributed by atoms with Gasteiger partial charge < -0.3 is 19.7 Å². The predicted octanol–water partition coefficient (Wildman–Crippen LogP) is 4.28. The maximum atomic E-state index is 14.2. The summed E-state index contributed by atoms with van der Waals surface area (Å²) in [4.78, 5) is 38.0. The number of amidine groups is 1. The van der Waals surface area contributed by atoms with E-state index in [0.29, 0.717) is 12.3 Å². The molecule has 1 N–H and O–H groups in total. The third kappa shape index (κ3) is 6.27. The summed E-state index contributed by atoms with van der Waals surface area (Å²) in [7, 11) is 2.40. The molecule has 0 spiro atoms. The Morgan fingerprint density at radius 3 is 2.40 bits per heavy atom. The Bertz CT molecular complexity index is 1270. The van der Waals surface area contributed by atoms with Gasteiger partial charge in [0.15, 0.2) is 17.5 Å². The van der Waals surface area contributed by atoms with Crippen LogP contribution in [0.5, 0.6) is 0 Å². The minimum atomic E-state index is -1.67. The van der Waals surface area contributed by atoms with Crippen LogP contribution in [0.2, 0.25) is 0 Å². The normalized spacial score (nSPS) is 18.4. The molecule has 1 aromatic carbocycles. The van der Waals surface area contributed by atoms with Gasteiger partial charge in [-0.05, 0) is 75.6 Å². The number of rotatable bonds is 7. The molecule has 0 radical (unpaired) electrons. The van der Waals surface area contributed by atoms with Crippen molar-refractivity contribution >= 4 is 18.0 Å². The van der Waals surface area contributed by atoms with Crippen molar-refractivity contribution in [2.24, 2.45) is 4.99 Å². The number of pyridine rings is 1. The van der Waals surface area contributed by atoms with Crippen molar-refractivity contribution in [3.8, 4) is 0 Å². The Balaban J connectivity index is 1.44. The molecular weight excluding hydrogens is 527 g/mol. The highest BCUT2D eigenvalue weighted by atomic mass is 19.2. The maximum Gasteiger partial charge on any atom is 0.338 e. The smallest absolute Gasteiger partial charge is 0.338 e. The van der Waals surface area contributed by atoms with Crippen LogP contribution in [0.15, 0.2) is 52.8 Å². The van der Waals surface area contributed by atoms with Gasteiger partial charge in [0.1, 0.15) is 6.04 Å². The first-order chi connectivity index (χ1) is 19.2. The van der Waals surface area contributed by atoms with Crippen LogP contribution in [0.1, 0.15) is 49.4 Å². The summed E-state index contributed by atoms with van der Waals surface area (Å²) in [6, 6.07) is 5.13. The van der Waals surface area contributed by atoms with Crippen molar-refractivity contribution in [3.63, 3.8) is 0 Å². The zero-order valence-corrected chi connectivity index (χ0v) is 22.6. The number of aromatic nitrogens is 1. The summed E-state index contributed by atoms with van der Waals surface area (Å²) < 4.78 is 52.3. The molecular formula is C28H32F3N5O4. The molecule has 1 unspecified atom stereocenters. The summed E-state index contributed by atoms with van der Waals surface area (Å²) in [5, 5.41) is 2.78. The maximum absolute atomic E-state index is 14.2. The minimum absolute atomic E-state index is 0.122. The molecule has 2 aliphatic heterocycles. The Labute approximate surface area is 230 Å². The van der Waals surface area contributed by atoms with Gasteiger partial charge in [-0.1, -0.05) is 6.07 Å². The highest BCUT2D eigenvalue weighted by Crippen LogP contribution is 2.37. The number of hydrogen-bond donors (Lipinski definition) is 1. The first kappa shape index (κ1) is 29.1. The molecule has 2 aromatic rings. The lowest BCUT2D eigenvalue weighted by molar-refractivity contribution is -0.136. The number of aliphatic imine (C=N–C) groups is 1. The lowest BCUT2D eigenvalue weighted by Gasteiger charge is -2.35. The second-order valence-electron chi connectivity index (χ2n) is 9.62. The van der Waals surface area contributed by atoms with Gasteiger partial charge in [0, 0.05) is 24.4 Å². The molecule has 1 fully saturated rings. The number of nitrogens with zero attached hydrogens (tertiary/aromatic N) is 4. The van der Waals surface area contributed by atoms with Gasteiger partial charge in [-0.15, -0.1) is 0 Å². The van der Waals surface area contributed by atoms with E-state index in [-0.39, 0.29) is 29.4 Å². The monoisotopic (exact) mass is 559 g/mol. The van der Waals surface area contributed by atoms with Crippen LogP contribution in [0, 0.1) is 17.5 Å². The molecule has 0 aliphatic carbocycles. The van der Waals surface area contributed by atoms with Crippen molar-refractivity contribution < 1.29 is 32.2 Å². The van der Waals surface area contributed by atoms with E-state index < -0.39 is 35.5 Å². The number of carbonyl (C=O) groups is 2. The van der Waals surface area contributed by atoms with E-state index >= 15 is 0 Å². The Kier molecular flexibility index (Phi) is 9.41. The number of benzene rings is 1. The number of ether oxygens (including phenoxy) is 2. The van der Waals surface area contributed by atoms with Gasteiger partial charge in [-0.25, -0.2) is 32.7 Å². The van der Waals surface area contributed by atoms with Crippen LogP contribution in [0.3, 0.4) is 0 Å². The van der Waals surface area contributed by atoms with Gasteiger partial charge in [-0.2, -0.15) is 0 Å². The summed E-state index contributed by atoms with van der Waals surface area (Å²) >= 11 is 0. The number of nitrogens with one attached hydrogen (secondary N) is 1. The summed E-state index contributed by atoms with van der Waals surface area (Å²) in [6.45, 7) is 4.34. The SMILES string of the molecule is COC(=O)C1=C(C)N=C(OC)N(C(=O)NCCCN2CCC(c3ccccn3)CC2)C1c1cc(F)c(F)c(F)c1. The fourth-order valence-electron chi connectivity index (χ4n) is 5.11. The number of halogens is 3. The number of esters is 1. The molecule has 40 heavy (non-hydrogen) atoms. The lowest BCUT2D eigenvalue weighted by Crippen LogP contribution is -2.50. The van der Waals surface area contributed by atoms with E-state index in [1.165, 1.54) is 14.0 Å². The first-order valence-corrected chi connectivity index (χ1v) is 13.0. The molecule has 1 saturated heterocycles. The third-order valence-electron chi connectivity index (χ3n) is 7.14. The van der Waals surface area contributed by atoms with E-state index in [1.807, 2.05) is 18.3 Å². The molecule has 3 heterocycles. The number of carbonyl (C=O) groups excluding carboxylic acids is 2. The number of allylic oxidation sites excluding steroid dienone is 1. The Morgan fingerprint density at radius 1 is 1.10 bits per heavy atom. The molecule has 1 aromatic heterocycles. The van der Waals surface area contributed by atoms with Crippen molar-refractivity contribution in [1.29, 1.82) is 0 Å². The summed E-state index contributed by atoms with van der Waals surface area (Å²) in [6.07, 6.45) is 4.44. The van der Waals surface area contributed by atoms with Crippen molar-refractivity contribution in [2.45, 2.75) is 38.1 Å². The average molecular weight is 560 g/mol. The first-order valence-electron chi connectivity index (χ1n) is 13.0. The van der Waals surface area contributed by atoms with Crippen LogP contribution in [-0.4, -0.2) is 73.2 Å². The zero-order chi connectivity index (χ0) is 28.8. The van der Waals surface area contributed by atoms with E-state index in [9.17, 15) is 22.8 Å². The third-order valence-corrected chi connectivity index (χ3v) is 7.14. The number of hydrogen-bond acceptors (Lipinski definition) is 7. The highest BCUT2D eigenvalue weighted by Gasteiger charge is 2.41. The molecule has 9 nitrogen and oxygen atoms in total. The molecule has 214 valence electrons. The van der Waals surface area contributed by atoms with E-state index in [2.05, 4.69) is 26.3 Å². The minimum Gasteiger partial charge on any atom is -0.468 e. The fraction of sp³-hybridized carbons (Fsp3) is 0.429. The lowest BCUT2D eigenvalue weighted by atomic mass is 9.93. The van der Waals surface area contributed by atoms with Crippen LogP contribution in [-0.2, 0) is 14.3 Å². The number of likely N-dealkylation sites (tertiary alicyclic amines) is 1. The van der Waals surface area contributed by atoms with Crippen LogP contribution in [0.25, 0.3) is 0 Å². The largest absolute Gasteiger partial charge is 0.468 e. The number of urea groups is 1. The zero-order valence-electron chi connectivity index (χ0n) is 22.6. The number of methoxy groups -OCH3 is 2. The Morgan fingerprint density at radius 2 is 1.80 bits per heavy atom. The highest BCUT2D eigenvalue weighted by molar-refractivity contribution is 6.00. The predicted molar refractivity (Wildman–Crippen MR) is 141 cm³/mol. The standard InChI is InChI=1S/C28H32F3N5O4/c1-17-23(26(37)39-2)25(19-15-20(29)24(31)21(30)16-19)36(28(34-17)40-3)27(38)33-11-6-12-35-13-8-18(9-14-35)22-7-4-5-10-32-22/h4-5,7,10,15-16,18,25H,6,8-9,11-14H2,1-3H3,(H,33,38). The molecule has 1 atom stereocenters. The average Bonchev–Trinajstić information content (AvgIpc) is 2.97. The van der Waals surface area contributed by atoms with E-state index in [1.54, 1.807) is 0 Å². The van der Waals surface area contributed by atoms with Gasteiger partial charge in [0.05, 0.1) is 25.5 Å². The number of piperidine rings is 1. The molecule has 0 saturated carbocycles. The van der Waals surface area contributed by atoms with Gasteiger partial charge in [0.2, 0.25) is 0 Å². The summed E-state index contributed by atoms with van der Waals surface area (Å²) in [5.74, 6) is -5.03. The summed E-state index contributed by atoms with van der Waals surface area (Å²) in [5.41, 5.74) is 0.904. The van der Waals surface area contributed by atoms with Crippen LogP contribution >= 0.6 is 0 Å². The second-order valence-corrected chi connectivity index (χ2v) is 9.62. The van der Waals surface area contributed by atoms with E-state index in [4.69, 9.17) is 9.47 Å². The topological polar surface area (TPSA) is 96.4 Å². The fourth-order valence-corrected chi connectivity index (χ4v) is 5.11. The van der Waals surface area contributed by atoms with Gasteiger partial charge >= 0.3 is 18.0 Å². The van der Waals surface area contributed by atoms with Crippen LogP contribution < -0.4 is 5.32 Å². The van der Waals surface area contributed by atoms with Crippen molar-refractivity contribution in [2.75, 3.05) is 40.4 Å².